The average Bonchev–Trinajstić information content (AvgIpc) is 2.85. The van der Waals surface area contributed by atoms with Gasteiger partial charge in [0, 0.05) is 44.6 Å². The standard InChI is InChI=1S/C22H25N3O2/c26-21(27)10-5-11-24-12-14-25(15-13-24)22-19-8-3-1-6-17(19)16-18-7-2-4-9-20(18)23-22/h1-4,6-9H,5,10-16H2,(H,26,27). The number of carboxylic acids is 1. The second-order valence-corrected chi connectivity index (χ2v) is 7.22. The summed E-state index contributed by atoms with van der Waals surface area (Å²) in [4.78, 5) is 20.5. The summed E-state index contributed by atoms with van der Waals surface area (Å²) < 4.78 is 0. The number of aliphatic imine (C=N–C) groups is 1. The van der Waals surface area contributed by atoms with Gasteiger partial charge in [0.05, 0.1) is 5.69 Å². The number of carbonyl (C=O) groups is 1. The molecule has 2 aliphatic heterocycles. The number of fused-ring (bicyclic) bond motifs is 2. The van der Waals surface area contributed by atoms with Gasteiger partial charge in [-0.05, 0) is 30.2 Å². The van der Waals surface area contributed by atoms with Crippen LogP contribution in [0, 0.1) is 0 Å². The van der Waals surface area contributed by atoms with Gasteiger partial charge in [-0.15, -0.1) is 0 Å². The summed E-state index contributed by atoms with van der Waals surface area (Å²) >= 11 is 0. The summed E-state index contributed by atoms with van der Waals surface area (Å²) in [6, 6.07) is 17.0. The number of carboxylic acid groups (broad SMARTS) is 1. The second kappa shape index (κ2) is 7.92. The fourth-order valence-electron chi connectivity index (χ4n) is 3.92. The maximum atomic E-state index is 10.7. The van der Waals surface area contributed by atoms with Crippen molar-refractivity contribution in [2.75, 3.05) is 32.7 Å². The number of amidine groups is 1. The Labute approximate surface area is 159 Å². The third kappa shape index (κ3) is 4.03. The van der Waals surface area contributed by atoms with Gasteiger partial charge in [0.25, 0.3) is 0 Å². The van der Waals surface area contributed by atoms with E-state index in [1.165, 1.54) is 16.7 Å². The molecule has 0 radical (unpaired) electrons. The van der Waals surface area contributed by atoms with Crippen molar-refractivity contribution in [1.82, 2.24) is 9.80 Å². The van der Waals surface area contributed by atoms with Crippen LogP contribution in [-0.2, 0) is 11.2 Å². The van der Waals surface area contributed by atoms with Crippen LogP contribution < -0.4 is 0 Å². The molecule has 2 aromatic rings. The van der Waals surface area contributed by atoms with Crippen LogP contribution in [0.3, 0.4) is 0 Å². The molecule has 0 aromatic heterocycles. The molecule has 0 bridgehead atoms. The lowest BCUT2D eigenvalue weighted by atomic mass is 9.99. The van der Waals surface area contributed by atoms with Crippen molar-refractivity contribution in [3.8, 4) is 0 Å². The van der Waals surface area contributed by atoms with E-state index in [9.17, 15) is 4.79 Å². The lowest BCUT2D eigenvalue weighted by Crippen LogP contribution is -2.49. The number of rotatable bonds is 4. The van der Waals surface area contributed by atoms with Crippen LogP contribution in [0.2, 0.25) is 0 Å². The minimum Gasteiger partial charge on any atom is -0.481 e. The van der Waals surface area contributed by atoms with E-state index in [2.05, 4.69) is 58.3 Å². The highest BCUT2D eigenvalue weighted by Crippen LogP contribution is 2.29. The molecule has 2 aliphatic rings. The van der Waals surface area contributed by atoms with Gasteiger partial charge in [-0.1, -0.05) is 42.5 Å². The molecule has 5 heteroatoms. The highest BCUT2D eigenvalue weighted by Gasteiger charge is 2.24. The van der Waals surface area contributed by atoms with Crippen molar-refractivity contribution in [2.45, 2.75) is 19.3 Å². The molecular weight excluding hydrogens is 338 g/mol. The van der Waals surface area contributed by atoms with E-state index < -0.39 is 5.97 Å². The Bertz CT molecular complexity index is 854. The van der Waals surface area contributed by atoms with Crippen LogP contribution >= 0.6 is 0 Å². The fraction of sp³-hybridized carbons (Fsp3) is 0.364. The van der Waals surface area contributed by atoms with Crippen LogP contribution in [0.5, 0.6) is 0 Å². The molecule has 0 saturated carbocycles. The average molecular weight is 363 g/mol. The Kier molecular flexibility index (Phi) is 5.21. The van der Waals surface area contributed by atoms with Crippen molar-refractivity contribution in [3.05, 3.63) is 65.2 Å². The molecule has 0 unspecified atom stereocenters. The first-order chi connectivity index (χ1) is 13.2. The monoisotopic (exact) mass is 363 g/mol. The Morgan fingerprint density at radius 2 is 1.67 bits per heavy atom. The van der Waals surface area contributed by atoms with E-state index in [4.69, 9.17) is 10.1 Å². The number of hydrogen-bond acceptors (Lipinski definition) is 4. The van der Waals surface area contributed by atoms with Gasteiger partial charge in [-0.2, -0.15) is 0 Å². The molecular formula is C22H25N3O2. The Hall–Kier alpha value is -2.66. The zero-order valence-corrected chi connectivity index (χ0v) is 15.5. The molecule has 2 heterocycles. The number of nitrogens with zero attached hydrogens (tertiary/aromatic N) is 3. The number of para-hydroxylation sites is 1. The van der Waals surface area contributed by atoms with Gasteiger partial charge in [-0.3, -0.25) is 9.69 Å². The fourth-order valence-corrected chi connectivity index (χ4v) is 3.92. The van der Waals surface area contributed by atoms with Crippen molar-refractivity contribution < 1.29 is 9.90 Å². The number of aliphatic carboxylic acids is 1. The van der Waals surface area contributed by atoms with Crippen LogP contribution in [0.15, 0.2) is 53.5 Å². The number of piperazine rings is 1. The smallest absolute Gasteiger partial charge is 0.303 e. The summed E-state index contributed by atoms with van der Waals surface area (Å²) in [6.07, 6.45) is 1.87. The molecule has 1 saturated heterocycles. The Morgan fingerprint density at radius 1 is 0.963 bits per heavy atom. The molecule has 1 N–H and O–H groups in total. The van der Waals surface area contributed by atoms with E-state index in [1.807, 2.05) is 0 Å². The van der Waals surface area contributed by atoms with Crippen LogP contribution in [0.25, 0.3) is 0 Å². The van der Waals surface area contributed by atoms with E-state index >= 15 is 0 Å². The lowest BCUT2D eigenvalue weighted by Gasteiger charge is -2.36. The SMILES string of the molecule is O=C(O)CCCN1CCN(C2=Nc3ccccc3Cc3ccccc32)CC1. The summed E-state index contributed by atoms with van der Waals surface area (Å²) in [5, 5.41) is 8.81. The molecule has 4 rings (SSSR count). The summed E-state index contributed by atoms with van der Waals surface area (Å²) in [5.41, 5.74) is 4.89. The Balaban J connectivity index is 1.53. The molecule has 0 atom stereocenters. The molecule has 140 valence electrons. The minimum atomic E-state index is -0.711. The maximum absolute atomic E-state index is 10.7. The minimum absolute atomic E-state index is 0.247. The van der Waals surface area contributed by atoms with Crippen molar-refractivity contribution in [1.29, 1.82) is 0 Å². The van der Waals surface area contributed by atoms with Gasteiger partial charge in [0.2, 0.25) is 0 Å². The number of benzene rings is 2. The van der Waals surface area contributed by atoms with Gasteiger partial charge >= 0.3 is 5.97 Å². The summed E-state index contributed by atoms with van der Waals surface area (Å²) in [7, 11) is 0. The van der Waals surface area contributed by atoms with Gasteiger partial charge < -0.3 is 10.0 Å². The zero-order chi connectivity index (χ0) is 18.6. The molecule has 0 amide bonds. The summed E-state index contributed by atoms with van der Waals surface area (Å²) in [5.74, 6) is 0.359. The van der Waals surface area contributed by atoms with Crippen LogP contribution in [-0.4, -0.2) is 59.4 Å². The van der Waals surface area contributed by atoms with Crippen LogP contribution in [0.4, 0.5) is 5.69 Å². The molecule has 2 aromatic carbocycles. The summed E-state index contributed by atoms with van der Waals surface area (Å²) in [6.45, 7) is 4.59. The first-order valence-electron chi connectivity index (χ1n) is 9.65. The highest BCUT2D eigenvalue weighted by atomic mass is 16.4. The molecule has 0 spiro atoms. The van der Waals surface area contributed by atoms with Gasteiger partial charge in [-0.25, -0.2) is 4.99 Å². The van der Waals surface area contributed by atoms with E-state index in [-0.39, 0.29) is 6.42 Å². The largest absolute Gasteiger partial charge is 0.481 e. The topological polar surface area (TPSA) is 56.1 Å². The van der Waals surface area contributed by atoms with Crippen molar-refractivity contribution in [2.24, 2.45) is 4.99 Å². The predicted molar refractivity (Wildman–Crippen MR) is 107 cm³/mol. The zero-order valence-electron chi connectivity index (χ0n) is 15.5. The van der Waals surface area contributed by atoms with E-state index in [1.54, 1.807) is 0 Å². The highest BCUT2D eigenvalue weighted by molar-refractivity contribution is 6.02. The molecule has 5 nitrogen and oxygen atoms in total. The lowest BCUT2D eigenvalue weighted by molar-refractivity contribution is -0.137. The molecule has 1 fully saturated rings. The van der Waals surface area contributed by atoms with Crippen molar-refractivity contribution >= 4 is 17.5 Å². The predicted octanol–water partition coefficient (Wildman–Crippen LogP) is 3.15. The maximum Gasteiger partial charge on any atom is 0.303 e. The molecule has 0 aliphatic carbocycles. The normalized spacial score (nSPS) is 16.9. The first kappa shape index (κ1) is 17.7. The number of hydrogen-bond donors (Lipinski definition) is 1. The van der Waals surface area contributed by atoms with E-state index in [0.717, 1.165) is 50.7 Å². The van der Waals surface area contributed by atoms with Gasteiger partial charge in [0.15, 0.2) is 0 Å². The van der Waals surface area contributed by atoms with Crippen molar-refractivity contribution in [3.63, 3.8) is 0 Å². The second-order valence-electron chi connectivity index (χ2n) is 7.22. The van der Waals surface area contributed by atoms with Crippen LogP contribution in [0.1, 0.15) is 29.5 Å². The third-order valence-corrected chi connectivity index (χ3v) is 5.39. The third-order valence-electron chi connectivity index (χ3n) is 5.39. The quantitative estimate of drug-likeness (QED) is 0.907. The Morgan fingerprint density at radius 3 is 2.44 bits per heavy atom. The van der Waals surface area contributed by atoms with E-state index in [0.29, 0.717) is 6.42 Å². The van der Waals surface area contributed by atoms with Gasteiger partial charge in [0.1, 0.15) is 5.84 Å². The molecule has 27 heavy (non-hydrogen) atoms. The first-order valence-corrected chi connectivity index (χ1v) is 9.65.